The second-order valence-corrected chi connectivity index (χ2v) is 9.25. The highest BCUT2D eigenvalue weighted by atomic mass is 16.6. The molecule has 0 aromatic heterocycles. The quantitative estimate of drug-likeness (QED) is 0.127. The molecule has 3 atom stereocenters. The van der Waals surface area contributed by atoms with Crippen LogP contribution in [0.15, 0.2) is 35.3 Å². The number of hydrogen-bond acceptors (Lipinski definition) is 7. The Balaban J connectivity index is 2.02. The normalized spacial score (nSPS) is 16.6. The Morgan fingerprint density at radius 3 is 2.51 bits per heavy atom. The van der Waals surface area contributed by atoms with E-state index in [2.05, 4.69) is 15.6 Å². The van der Waals surface area contributed by atoms with Crippen LogP contribution in [0.3, 0.4) is 0 Å². The van der Waals surface area contributed by atoms with Crippen LogP contribution in [0, 0.1) is 5.92 Å². The van der Waals surface area contributed by atoms with Crippen LogP contribution < -0.4 is 22.1 Å². The van der Waals surface area contributed by atoms with Crippen molar-refractivity contribution in [1.29, 1.82) is 0 Å². The summed E-state index contributed by atoms with van der Waals surface area (Å²) in [4.78, 5) is 67.2. The zero-order chi connectivity index (χ0) is 27.4. The number of carbonyl (C=O) groups is 5. The highest BCUT2D eigenvalue weighted by Gasteiger charge is 2.42. The fraction of sp³-hybridized carbons (Fsp3) is 0.520. The molecule has 1 aliphatic rings. The third kappa shape index (κ3) is 9.54. The zero-order valence-electron chi connectivity index (χ0n) is 21.2. The Morgan fingerprint density at radius 2 is 1.89 bits per heavy atom. The Morgan fingerprint density at radius 1 is 1.19 bits per heavy atom. The molecule has 1 aliphatic heterocycles. The summed E-state index contributed by atoms with van der Waals surface area (Å²) in [7, 11) is 0. The molecule has 202 valence electrons. The molecule has 0 saturated carbocycles. The number of rotatable bonds is 13. The van der Waals surface area contributed by atoms with Crippen molar-refractivity contribution in [2.75, 3.05) is 6.54 Å². The van der Waals surface area contributed by atoms with Gasteiger partial charge in [0.15, 0.2) is 5.96 Å². The van der Waals surface area contributed by atoms with E-state index in [1.807, 2.05) is 19.9 Å². The minimum atomic E-state index is -1.10. The second-order valence-electron chi connectivity index (χ2n) is 9.25. The van der Waals surface area contributed by atoms with Crippen LogP contribution >= 0.6 is 0 Å². The molecule has 4 amide bonds. The summed E-state index contributed by atoms with van der Waals surface area (Å²) in [6.07, 6.45) is 0.876. The van der Waals surface area contributed by atoms with Crippen molar-refractivity contribution < 1.29 is 28.7 Å². The van der Waals surface area contributed by atoms with Crippen LogP contribution in [0.2, 0.25) is 0 Å². The first-order valence-corrected chi connectivity index (χ1v) is 12.3. The van der Waals surface area contributed by atoms with Gasteiger partial charge in [-0.05, 0) is 37.2 Å². The molecule has 37 heavy (non-hydrogen) atoms. The van der Waals surface area contributed by atoms with Crippen LogP contribution in [0.1, 0.15) is 51.5 Å². The molecule has 0 spiro atoms. The fourth-order valence-electron chi connectivity index (χ4n) is 3.90. The third-order valence-corrected chi connectivity index (χ3v) is 5.72. The highest BCUT2D eigenvalue weighted by molar-refractivity contribution is 6.01. The van der Waals surface area contributed by atoms with Gasteiger partial charge in [0.05, 0.1) is 6.04 Å². The SMILES string of the molecule is CC(C)C[C@H](NC(=O)[C@@H]1CCC(=O)N1C(=O)OCc1ccccc1)C(=O)N[C@H](C=O)CCCN=C(N)N. The average molecular weight is 517 g/mol. The van der Waals surface area contributed by atoms with E-state index in [1.54, 1.807) is 24.3 Å². The lowest BCUT2D eigenvalue weighted by Gasteiger charge is -2.26. The number of benzene rings is 1. The molecule has 0 bridgehead atoms. The molecule has 1 fully saturated rings. The van der Waals surface area contributed by atoms with Crippen LogP contribution in [0.25, 0.3) is 0 Å². The van der Waals surface area contributed by atoms with E-state index >= 15 is 0 Å². The van der Waals surface area contributed by atoms with Crippen molar-refractivity contribution in [3.8, 4) is 0 Å². The van der Waals surface area contributed by atoms with Gasteiger partial charge in [-0.25, -0.2) is 9.69 Å². The molecule has 1 aromatic rings. The largest absolute Gasteiger partial charge is 0.444 e. The lowest BCUT2D eigenvalue weighted by atomic mass is 10.0. The van der Waals surface area contributed by atoms with Gasteiger partial charge in [0, 0.05) is 13.0 Å². The van der Waals surface area contributed by atoms with Gasteiger partial charge in [0.2, 0.25) is 17.7 Å². The van der Waals surface area contributed by atoms with Gasteiger partial charge in [-0.1, -0.05) is 44.2 Å². The summed E-state index contributed by atoms with van der Waals surface area (Å²) in [5.41, 5.74) is 11.3. The van der Waals surface area contributed by atoms with Crippen LogP contribution in [0.4, 0.5) is 4.79 Å². The van der Waals surface area contributed by atoms with Crippen molar-refractivity contribution in [2.24, 2.45) is 22.4 Å². The van der Waals surface area contributed by atoms with Gasteiger partial charge in [-0.3, -0.25) is 19.4 Å². The van der Waals surface area contributed by atoms with E-state index in [9.17, 15) is 24.0 Å². The lowest BCUT2D eigenvalue weighted by Crippen LogP contribution is -2.55. The van der Waals surface area contributed by atoms with Crippen molar-refractivity contribution in [1.82, 2.24) is 15.5 Å². The van der Waals surface area contributed by atoms with E-state index < -0.39 is 41.9 Å². The average Bonchev–Trinajstić information content (AvgIpc) is 3.25. The topological polar surface area (TPSA) is 186 Å². The van der Waals surface area contributed by atoms with E-state index in [4.69, 9.17) is 16.2 Å². The summed E-state index contributed by atoms with van der Waals surface area (Å²) >= 11 is 0. The number of ether oxygens (including phenoxy) is 1. The molecule has 12 nitrogen and oxygen atoms in total. The number of nitrogens with zero attached hydrogens (tertiary/aromatic N) is 2. The minimum Gasteiger partial charge on any atom is -0.444 e. The number of nitrogens with one attached hydrogen (secondary N) is 2. The van der Waals surface area contributed by atoms with E-state index in [1.165, 1.54) is 0 Å². The zero-order valence-corrected chi connectivity index (χ0v) is 21.2. The molecule has 0 radical (unpaired) electrons. The summed E-state index contributed by atoms with van der Waals surface area (Å²) in [5.74, 6) is -1.73. The van der Waals surface area contributed by atoms with Crippen molar-refractivity contribution in [3.05, 3.63) is 35.9 Å². The predicted molar refractivity (Wildman–Crippen MR) is 136 cm³/mol. The number of amides is 4. The van der Waals surface area contributed by atoms with Crippen LogP contribution in [0.5, 0.6) is 0 Å². The lowest BCUT2D eigenvalue weighted by molar-refractivity contribution is -0.136. The third-order valence-electron chi connectivity index (χ3n) is 5.72. The Kier molecular flexibility index (Phi) is 11.5. The molecule has 0 unspecified atom stereocenters. The number of guanidine groups is 1. The number of imide groups is 1. The van der Waals surface area contributed by atoms with Gasteiger partial charge in [0.25, 0.3) is 0 Å². The molecule has 0 aliphatic carbocycles. The highest BCUT2D eigenvalue weighted by Crippen LogP contribution is 2.21. The van der Waals surface area contributed by atoms with Crippen molar-refractivity contribution in [3.63, 3.8) is 0 Å². The Bertz CT molecular complexity index is 979. The number of hydrogen-bond donors (Lipinski definition) is 4. The molecule has 12 heteroatoms. The Labute approximate surface area is 216 Å². The molecule has 6 N–H and O–H groups in total. The van der Waals surface area contributed by atoms with Crippen molar-refractivity contribution in [2.45, 2.75) is 70.7 Å². The molecule has 2 rings (SSSR count). The van der Waals surface area contributed by atoms with Crippen molar-refractivity contribution >= 4 is 36.1 Å². The minimum absolute atomic E-state index is 0.00256. The number of carbonyl (C=O) groups excluding carboxylic acids is 5. The predicted octanol–water partition coefficient (Wildman–Crippen LogP) is 0.582. The standard InChI is InChI=1S/C25H36N6O6/c1-16(2)13-19(22(34)29-18(14-32)9-6-12-28-24(26)27)30-23(35)20-10-11-21(33)31(20)25(36)37-15-17-7-4-3-5-8-17/h3-5,7-8,14,16,18-20H,6,9-13,15H2,1-2H3,(H,29,34)(H,30,35)(H4,26,27,28)/t18-,19-,20-/m0/s1. The van der Waals surface area contributed by atoms with E-state index in [0.717, 1.165) is 10.5 Å². The first-order valence-electron chi connectivity index (χ1n) is 12.3. The number of aliphatic imine (C=N–C) groups is 1. The van der Waals surface area contributed by atoms with Gasteiger partial charge >= 0.3 is 6.09 Å². The maximum Gasteiger partial charge on any atom is 0.417 e. The monoisotopic (exact) mass is 516 g/mol. The van der Waals surface area contributed by atoms with Gasteiger partial charge in [-0.2, -0.15) is 0 Å². The molecule has 1 aromatic carbocycles. The number of nitrogens with two attached hydrogens (primary N) is 2. The van der Waals surface area contributed by atoms with Gasteiger partial charge < -0.3 is 31.6 Å². The van der Waals surface area contributed by atoms with Crippen LogP contribution in [-0.2, 0) is 30.5 Å². The number of aldehydes is 1. The molecular weight excluding hydrogens is 480 g/mol. The van der Waals surface area contributed by atoms with E-state index in [-0.39, 0.29) is 37.7 Å². The maximum absolute atomic E-state index is 13.1. The van der Waals surface area contributed by atoms with Gasteiger partial charge in [-0.15, -0.1) is 0 Å². The van der Waals surface area contributed by atoms with Crippen LogP contribution in [-0.4, -0.2) is 65.6 Å². The molecule has 1 heterocycles. The molecular formula is C25H36N6O6. The molecule has 1 saturated heterocycles. The first-order chi connectivity index (χ1) is 17.6. The Hall–Kier alpha value is -3.96. The summed E-state index contributed by atoms with van der Waals surface area (Å²) < 4.78 is 5.25. The fourth-order valence-corrected chi connectivity index (χ4v) is 3.90. The summed E-state index contributed by atoms with van der Waals surface area (Å²) in [6.45, 7) is 4.02. The first kappa shape index (κ1) is 29.3. The number of likely N-dealkylation sites (tertiary alicyclic amines) is 1. The van der Waals surface area contributed by atoms with Gasteiger partial charge in [0.1, 0.15) is 25.0 Å². The maximum atomic E-state index is 13.1. The van der Waals surface area contributed by atoms with E-state index in [0.29, 0.717) is 25.7 Å². The summed E-state index contributed by atoms with van der Waals surface area (Å²) in [6, 6.07) is 6.09. The summed E-state index contributed by atoms with van der Waals surface area (Å²) in [5, 5.41) is 5.29. The second kappa shape index (κ2) is 14.6. The smallest absolute Gasteiger partial charge is 0.417 e.